The van der Waals surface area contributed by atoms with Crippen LogP contribution in [0.15, 0.2) is 10.1 Å². The highest BCUT2D eigenvalue weighted by Crippen LogP contribution is 2.20. The zero-order valence-electron chi connectivity index (χ0n) is 8.38. The summed E-state index contributed by atoms with van der Waals surface area (Å²) in [5, 5.41) is 4.22. The van der Waals surface area contributed by atoms with Crippen molar-refractivity contribution >= 4 is 11.7 Å². The van der Waals surface area contributed by atoms with Gasteiger partial charge in [-0.05, 0) is 31.6 Å². The molecule has 1 aliphatic rings. The van der Waals surface area contributed by atoms with E-state index >= 15 is 0 Å². The molecule has 1 aliphatic carbocycles. The lowest BCUT2D eigenvalue weighted by molar-refractivity contribution is 0.498. The van der Waals surface area contributed by atoms with Gasteiger partial charge in [-0.2, -0.15) is 5.10 Å². The molecule has 0 aromatic heterocycles. The van der Waals surface area contributed by atoms with Crippen molar-refractivity contribution in [2.24, 2.45) is 21.7 Å². The van der Waals surface area contributed by atoms with Gasteiger partial charge in [0.1, 0.15) is 0 Å². The summed E-state index contributed by atoms with van der Waals surface area (Å²) in [4.78, 5) is 3.77. The highest BCUT2D eigenvalue weighted by molar-refractivity contribution is 5.87. The van der Waals surface area contributed by atoms with E-state index < -0.39 is 0 Å². The van der Waals surface area contributed by atoms with Crippen LogP contribution in [0.1, 0.15) is 32.6 Å². The second-order valence-corrected chi connectivity index (χ2v) is 3.60. The fourth-order valence-electron chi connectivity index (χ4n) is 1.55. The van der Waals surface area contributed by atoms with Gasteiger partial charge in [0.15, 0.2) is 0 Å². The van der Waals surface area contributed by atoms with Crippen molar-refractivity contribution in [3.63, 3.8) is 0 Å². The zero-order valence-corrected chi connectivity index (χ0v) is 8.38. The molecule has 0 radical (unpaired) electrons. The molecule has 13 heavy (non-hydrogen) atoms. The summed E-state index contributed by atoms with van der Waals surface area (Å²) in [5.41, 5.74) is 9.41. The second kappa shape index (κ2) is 4.84. The van der Waals surface area contributed by atoms with Gasteiger partial charge >= 0.3 is 0 Å². The first-order valence-corrected chi connectivity index (χ1v) is 4.76. The molecule has 4 nitrogen and oxygen atoms in total. The van der Waals surface area contributed by atoms with E-state index in [2.05, 4.69) is 22.4 Å². The Labute approximate surface area is 79.3 Å². The van der Waals surface area contributed by atoms with Crippen molar-refractivity contribution in [2.45, 2.75) is 32.6 Å². The summed E-state index contributed by atoms with van der Waals surface area (Å²) in [5.74, 6) is 1.14. The lowest BCUT2D eigenvalue weighted by Crippen LogP contribution is -2.29. The number of hydrogen-bond acceptors (Lipinski definition) is 2. The predicted molar refractivity (Wildman–Crippen MR) is 55.7 cm³/mol. The minimum Gasteiger partial charge on any atom is -0.369 e. The lowest BCUT2D eigenvalue weighted by Gasteiger charge is -2.18. The maximum Gasteiger partial charge on any atom is 0.209 e. The van der Waals surface area contributed by atoms with E-state index in [0.717, 1.165) is 18.8 Å². The van der Waals surface area contributed by atoms with Crippen LogP contribution < -0.4 is 11.2 Å². The summed E-state index contributed by atoms with van der Waals surface area (Å²) in [7, 11) is 1.64. The molecule has 0 amide bonds. The SMILES string of the molecule is CN=C(N)N/N=C1/CCCC(C)C1. The van der Waals surface area contributed by atoms with Crippen LogP contribution in [-0.4, -0.2) is 18.7 Å². The van der Waals surface area contributed by atoms with Crippen LogP contribution in [0.2, 0.25) is 0 Å². The van der Waals surface area contributed by atoms with Crippen molar-refractivity contribution in [2.75, 3.05) is 7.05 Å². The highest BCUT2D eigenvalue weighted by atomic mass is 15.4. The molecule has 4 heteroatoms. The molecule has 1 unspecified atom stereocenters. The summed E-state index contributed by atoms with van der Waals surface area (Å²) >= 11 is 0. The molecular formula is C9H18N4. The van der Waals surface area contributed by atoms with E-state index in [-0.39, 0.29) is 0 Å². The van der Waals surface area contributed by atoms with Gasteiger partial charge in [0.05, 0.1) is 0 Å². The molecule has 0 heterocycles. The van der Waals surface area contributed by atoms with Gasteiger partial charge in [-0.1, -0.05) is 6.92 Å². The molecule has 0 spiro atoms. The van der Waals surface area contributed by atoms with Crippen LogP contribution in [0.3, 0.4) is 0 Å². The van der Waals surface area contributed by atoms with Crippen LogP contribution in [-0.2, 0) is 0 Å². The molecule has 1 fully saturated rings. The Morgan fingerprint density at radius 1 is 1.62 bits per heavy atom. The first-order valence-electron chi connectivity index (χ1n) is 4.76. The van der Waals surface area contributed by atoms with Crippen molar-refractivity contribution in [3.8, 4) is 0 Å². The molecule has 0 aromatic carbocycles. The average molecular weight is 182 g/mol. The van der Waals surface area contributed by atoms with Crippen LogP contribution in [0.5, 0.6) is 0 Å². The third kappa shape index (κ3) is 3.44. The monoisotopic (exact) mass is 182 g/mol. The van der Waals surface area contributed by atoms with Gasteiger partial charge in [-0.3, -0.25) is 4.99 Å². The first kappa shape index (κ1) is 10.0. The number of nitrogens with two attached hydrogens (primary N) is 1. The Kier molecular flexibility index (Phi) is 3.73. The fraction of sp³-hybridized carbons (Fsp3) is 0.778. The largest absolute Gasteiger partial charge is 0.369 e. The number of aliphatic imine (C=N–C) groups is 1. The average Bonchev–Trinajstić information content (AvgIpc) is 2.14. The number of guanidine groups is 1. The number of nitrogens with zero attached hydrogens (tertiary/aromatic N) is 2. The van der Waals surface area contributed by atoms with E-state index in [1.165, 1.54) is 18.6 Å². The molecule has 1 atom stereocenters. The van der Waals surface area contributed by atoms with Crippen molar-refractivity contribution < 1.29 is 0 Å². The molecule has 3 N–H and O–H groups in total. The van der Waals surface area contributed by atoms with Crippen molar-refractivity contribution in [1.29, 1.82) is 0 Å². The van der Waals surface area contributed by atoms with Crippen LogP contribution in [0, 0.1) is 5.92 Å². The molecule has 0 aromatic rings. The molecule has 1 saturated carbocycles. The number of hydrogen-bond donors (Lipinski definition) is 2. The van der Waals surface area contributed by atoms with Crippen molar-refractivity contribution in [1.82, 2.24) is 5.43 Å². The molecule has 0 bridgehead atoms. The van der Waals surface area contributed by atoms with Gasteiger partial charge in [-0.25, -0.2) is 5.43 Å². The number of hydrazone groups is 1. The molecule has 74 valence electrons. The highest BCUT2D eigenvalue weighted by Gasteiger charge is 2.13. The van der Waals surface area contributed by atoms with E-state index in [1.54, 1.807) is 7.05 Å². The number of rotatable bonds is 1. The number of nitrogens with one attached hydrogen (secondary N) is 1. The van der Waals surface area contributed by atoms with Gasteiger partial charge in [-0.15, -0.1) is 0 Å². The van der Waals surface area contributed by atoms with E-state index in [9.17, 15) is 0 Å². The van der Waals surface area contributed by atoms with E-state index in [1.807, 2.05) is 0 Å². The summed E-state index contributed by atoms with van der Waals surface area (Å²) < 4.78 is 0. The van der Waals surface area contributed by atoms with Gasteiger partial charge in [0.2, 0.25) is 5.96 Å². The molecule has 0 aliphatic heterocycles. The maximum atomic E-state index is 5.46. The topological polar surface area (TPSA) is 62.8 Å². The Hall–Kier alpha value is -1.06. The standard InChI is InChI=1S/C9H18N4/c1-7-4-3-5-8(6-7)12-13-9(10)11-2/h7H,3-6H2,1-2H3,(H3,10,11,13)/b12-8-. The summed E-state index contributed by atoms with van der Waals surface area (Å²) in [6.07, 6.45) is 4.74. The first-order chi connectivity index (χ1) is 6.22. The van der Waals surface area contributed by atoms with Gasteiger partial charge < -0.3 is 5.73 Å². The minimum absolute atomic E-state index is 0.380. The minimum atomic E-state index is 0.380. The Morgan fingerprint density at radius 2 is 2.38 bits per heavy atom. The van der Waals surface area contributed by atoms with Gasteiger partial charge in [0.25, 0.3) is 0 Å². The Morgan fingerprint density at radius 3 is 3.00 bits per heavy atom. The summed E-state index contributed by atoms with van der Waals surface area (Å²) in [6, 6.07) is 0. The third-order valence-electron chi connectivity index (χ3n) is 2.32. The maximum absolute atomic E-state index is 5.46. The smallest absolute Gasteiger partial charge is 0.209 e. The van der Waals surface area contributed by atoms with E-state index in [4.69, 9.17) is 5.73 Å². The van der Waals surface area contributed by atoms with Gasteiger partial charge in [0, 0.05) is 12.8 Å². The quantitative estimate of drug-likeness (QED) is 0.362. The fourth-order valence-corrected chi connectivity index (χ4v) is 1.55. The predicted octanol–water partition coefficient (Wildman–Crippen LogP) is 1.09. The molecular weight excluding hydrogens is 164 g/mol. The Balaban J connectivity index is 2.41. The van der Waals surface area contributed by atoms with E-state index in [0.29, 0.717) is 5.96 Å². The Bertz CT molecular complexity index is 220. The van der Waals surface area contributed by atoms with Crippen LogP contribution >= 0.6 is 0 Å². The molecule has 1 rings (SSSR count). The normalized spacial score (nSPS) is 27.7. The third-order valence-corrected chi connectivity index (χ3v) is 2.32. The zero-order chi connectivity index (χ0) is 9.68. The lowest BCUT2D eigenvalue weighted by atomic mass is 9.89. The molecule has 0 saturated heterocycles. The van der Waals surface area contributed by atoms with Crippen LogP contribution in [0.25, 0.3) is 0 Å². The second-order valence-electron chi connectivity index (χ2n) is 3.60. The summed E-state index contributed by atoms with van der Waals surface area (Å²) in [6.45, 7) is 2.26. The van der Waals surface area contributed by atoms with Crippen LogP contribution in [0.4, 0.5) is 0 Å². The van der Waals surface area contributed by atoms with Crippen molar-refractivity contribution in [3.05, 3.63) is 0 Å².